The average Bonchev–Trinajstić information content (AvgIpc) is 2.87. The average molecular weight is 266 g/mol. The Kier molecular flexibility index (Phi) is 3.78. The van der Waals surface area contributed by atoms with Crippen LogP contribution in [0.15, 0.2) is 34.9 Å². The Hall–Kier alpha value is -3.12. The summed E-state index contributed by atoms with van der Waals surface area (Å²) in [7, 11) is 0. The smallest absolute Gasteiger partial charge is 0.258 e. The monoisotopic (exact) mass is 266 g/mol. The molecule has 0 saturated carbocycles. The van der Waals surface area contributed by atoms with Crippen LogP contribution in [0, 0.1) is 29.6 Å². The van der Waals surface area contributed by atoms with Crippen molar-refractivity contribution in [3.8, 4) is 23.4 Å². The van der Waals surface area contributed by atoms with Crippen LogP contribution in [-0.4, -0.2) is 17.1 Å². The molecule has 1 N–H and O–H groups in total. The number of aryl methyl sites for hydroxylation is 1. The topological polar surface area (TPSA) is 103 Å². The van der Waals surface area contributed by atoms with E-state index < -0.39 is 11.9 Å². The summed E-state index contributed by atoms with van der Waals surface area (Å²) in [6.45, 7) is 1.60. The SMILES string of the molecule is Cc1onc(-c2ccccc2)c1C(=O)NC(C#N)C#N. The number of nitrogens with zero attached hydrogens (tertiary/aromatic N) is 3. The van der Waals surface area contributed by atoms with Gasteiger partial charge in [-0.15, -0.1) is 0 Å². The number of nitrogens with one attached hydrogen (secondary N) is 1. The van der Waals surface area contributed by atoms with Crippen LogP contribution in [0.25, 0.3) is 11.3 Å². The van der Waals surface area contributed by atoms with Crippen LogP contribution in [-0.2, 0) is 0 Å². The molecule has 1 heterocycles. The van der Waals surface area contributed by atoms with Gasteiger partial charge in [-0.1, -0.05) is 35.5 Å². The molecule has 6 nitrogen and oxygen atoms in total. The second-order valence-electron chi connectivity index (χ2n) is 3.99. The molecular formula is C14H10N4O2. The summed E-state index contributed by atoms with van der Waals surface area (Å²) >= 11 is 0. The summed E-state index contributed by atoms with van der Waals surface area (Å²) in [5.41, 5.74) is 1.34. The van der Waals surface area contributed by atoms with Gasteiger partial charge >= 0.3 is 0 Å². The van der Waals surface area contributed by atoms with Crippen LogP contribution in [0.3, 0.4) is 0 Å². The first kappa shape index (κ1) is 13.3. The highest BCUT2D eigenvalue weighted by Gasteiger charge is 2.23. The molecule has 20 heavy (non-hydrogen) atoms. The molecule has 1 aromatic heterocycles. The maximum absolute atomic E-state index is 12.1. The van der Waals surface area contributed by atoms with Crippen molar-refractivity contribution in [2.24, 2.45) is 0 Å². The standard InChI is InChI=1S/C14H10N4O2/c1-9-12(14(19)17-11(7-15)8-16)13(18-20-9)10-5-3-2-4-6-10/h2-6,11H,1H3,(H,17,19). The van der Waals surface area contributed by atoms with E-state index in [1.54, 1.807) is 31.2 Å². The first-order chi connectivity index (χ1) is 9.67. The largest absolute Gasteiger partial charge is 0.360 e. The lowest BCUT2D eigenvalue weighted by molar-refractivity contribution is 0.0950. The molecule has 1 aromatic carbocycles. The van der Waals surface area contributed by atoms with E-state index in [9.17, 15) is 4.79 Å². The lowest BCUT2D eigenvalue weighted by Crippen LogP contribution is -2.33. The van der Waals surface area contributed by atoms with Crippen molar-refractivity contribution in [1.82, 2.24) is 10.5 Å². The number of nitriles is 2. The fraction of sp³-hybridized carbons (Fsp3) is 0.143. The van der Waals surface area contributed by atoms with Gasteiger partial charge in [-0.05, 0) is 6.92 Å². The zero-order valence-corrected chi connectivity index (χ0v) is 10.6. The highest BCUT2D eigenvalue weighted by Crippen LogP contribution is 2.24. The molecule has 6 heteroatoms. The quantitative estimate of drug-likeness (QED) is 0.912. The highest BCUT2D eigenvalue weighted by molar-refractivity contribution is 6.01. The summed E-state index contributed by atoms with van der Waals surface area (Å²) in [5.74, 6) is -0.230. The fourth-order valence-corrected chi connectivity index (χ4v) is 1.73. The summed E-state index contributed by atoms with van der Waals surface area (Å²) < 4.78 is 5.04. The molecule has 2 aromatic rings. The number of aromatic nitrogens is 1. The second-order valence-corrected chi connectivity index (χ2v) is 3.99. The number of amides is 1. The van der Waals surface area contributed by atoms with Crippen LogP contribution in [0.5, 0.6) is 0 Å². The highest BCUT2D eigenvalue weighted by atomic mass is 16.5. The molecule has 98 valence electrons. The van der Waals surface area contributed by atoms with E-state index in [1.807, 2.05) is 18.2 Å². The third-order valence-electron chi connectivity index (χ3n) is 2.67. The Morgan fingerprint density at radius 3 is 2.55 bits per heavy atom. The van der Waals surface area contributed by atoms with Crippen molar-refractivity contribution in [1.29, 1.82) is 10.5 Å². The van der Waals surface area contributed by atoms with Gasteiger partial charge in [0.25, 0.3) is 5.91 Å². The maximum atomic E-state index is 12.1. The van der Waals surface area contributed by atoms with Crippen molar-refractivity contribution >= 4 is 5.91 Å². The van der Waals surface area contributed by atoms with Crippen LogP contribution in [0.1, 0.15) is 16.1 Å². The zero-order chi connectivity index (χ0) is 14.5. The minimum Gasteiger partial charge on any atom is -0.360 e. The zero-order valence-electron chi connectivity index (χ0n) is 10.6. The van der Waals surface area contributed by atoms with Crippen molar-refractivity contribution in [3.63, 3.8) is 0 Å². The van der Waals surface area contributed by atoms with E-state index >= 15 is 0 Å². The van der Waals surface area contributed by atoms with Gasteiger partial charge in [-0.25, -0.2) is 0 Å². The minimum absolute atomic E-state index is 0.228. The molecule has 0 aliphatic heterocycles. The van der Waals surface area contributed by atoms with Gasteiger partial charge in [0.2, 0.25) is 6.04 Å². The Morgan fingerprint density at radius 2 is 1.95 bits per heavy atom. The number of rotatable bonds is 3. The van der Waals surface area contributed by atoms with Gasteiger partial charge < -0.3 is 9.84 Å². The molecule has 0 unspecified atom stereocenters. The number of carbonyl (C=O) groups excluding carboxylic acids is 1. The fourth-order valence-electron chi connectivity index (χ4n) is 1.73. The first-order valence-corrected chi connectivity index (χ1v) is 5.79. The molecule has 0 spiro atoms. The van der Waals surface area contributed by atoms with Crippen LogP contribution in [0.2, 0.25) is 0 Å². The lowest BCUT2D eigenvalue weighted by atomic mass is 10.1. The summed E-state index contributed by atoms with van der Waals surface area (Å²) in [5, 5.41) is 23.6. The summed E-state index contributed by atoms with van der Waals surface area (Å²) in [4.78, 5) is 12.1. The number of hydrogen-bond acceptors (Lipinski definition) is 5. The lowest BCUT2D eigenvalue weighted by Gasteiger charge is -2.05. The molecular weight excluding hydrogens is 256 g/mol. The minimum atomic E-state index is -1.21. The van der Waals surface area contributed by atoms with Crippen LogP contribution < -0.4 is 5.32 Å². The number of carbonyl (C=O) groups is 1. The summed E-state index contributed by atoms with van der Waals surface area (Å²) in [6, 6.07) is 11.2. The predicted octanol–water partition coefficient (Wildman–Crippen LogP) is 1.80. The van der Waals surface area contributed by atoms with Crippen molar-refractivity contribution in [2.75, 3.05) is 0 Å². The van der Waals surface area contributed by atoms with Crippen LogP contribution >= 0.6 is 0 Å². The van der Waals surface area contributed by atoms with Gasteiger partial charge in [-0.3, -0.25) is 4.79 Å². The second kappa shape index (κ2) is 5.68. The van der Waals surface area contributed by atoms with Gasteiger partial charge in [-0.2, -0.15) is 10.5 Å². The molecule has 0 saturated heterocycles. The van der Waals surface area contributed by atoms with Gasteiger partial charge in [0.05, 0.1) is 0 Å². The molecule has 1 amide bonds. The van der Waals surface area contributed by atoms with E-state index in [0.717, 1.165) is 5.56 Å². The van der Waals surface area contributed by atoms with E-state index in [-0.39, 0.29) is 5.56 Å². The number of hydrogen-bond donors (Lipinski definition) is 1. The third kappa shape index (κ3) is 2.50. The predicted molar refractivity (Wildman–Crippen MR) is 69.2 cm³/mol. The van der Waals surface area contributed by atoms with Crippen molar-refractivity contribution in [2.45, 2.75) is 13.0 Å². The maximum Gasteiger partial charge on any atom is 0.258 e. The van der Waals surface area contributed by atoms with Gasteiger partial charge in [0, 0.05) is 5.56 Å². The Bertz CT molecular complexity index is 693. The molecule has 2 rings (SSSR count). The van der Waals surface area contributed by atoms with E-state index in [0.29, 0.717) is 11.5 Å². The number of benzene rings is 1. The summed E-state index contributed by atoms with van der Waals surface area (Å²) in [6.07, 6.45) is 0. The van der Waals surface area contributed by atoms with E-state index in [1.165, 1.54) is 0 Å². The molecule has 0 radical (unpaired) electrons. The van der Waals surface area contributed by atoms with Gasteiger partial charge in [0.1, 0.15) is 29.2 Å². The molecule has 0 atom stereocenters. The molecule has 0 bridgehead atoms. The Balaban J connectivity index is 2.39. The molecule has 0 fully saturated rings. The molecule has 0 aliphatic rings. The third-order valence-corrected chi connectivity index (χ3v) is 2.67. The van der Waals surface area contributed by atoms with Crippen molar-refractivity contribution in [3.05, 3.63) is 41.7 Å². The van der Waals surface area contributed by atoms with Gasteiger partial charge in [0.15, 0.2) is 0 Å². The molecule has 0 aliphatic carbocycles. The van der Waals surface area contributed by atoms with E-state index in [2.05, 4.69) is 10.5 Å². The van der Waals surface area contributed by atoms with Crippen molar-refractivity contribution < 1.29 is 9.32 Å². The van der Waals surface area contributed by atoms with E-state index in [4.69, 9.17) is 15.0 Å². The van der Waals surface area contributed by atoms with Crippen LogP contribution in [0.4, 0.5) is 0 Å². The Labute approximate surface area is 115 Å². The normalized spacial score (nSPS) is 9.80. The first-order valence-electron chi connectivity index (χ1n) is 5.79. The Morgan fingerprint density at radius 1 is 1.30 bits per heavy atom.